The van der Waals surface area contributed by atoms with Crippen LogP contribution < -0.4 is 16.2 Å². The molecule has 1 aromatic rings. The number of fused-ring (bicyclic) bond motifs is 1. The second kappa shape index (κ2) is 2.93. The second-order valence-corrected chi connectivity index (χ2v) is 4.00. The smallest absolute Gasteiger partial charge is 0.258 e. The minimum absolute atomic E-state index is 0.0513. The summed E-state index contributed by atoms with van der Waals surface area (Å²) in [6.07, 6.45) is 6.42. The van der Waals surface area contributed by atoms with Crippen molar-refractivity contribution in [3.8, 4) is 0 Å². The third kappa shape index (κ3) is 1.27. The average molecular weight is 204 g/mol. The zero-order valence-corrected chi connectivity index (χ0v) is 8.23. The summed E-state index contributed by atoms with van der Waals surface area (Å²) in [7, 11) is 0. The van der Waals surface area contributed by atoms with Gasteiger partial charge in [-0.25, -0.2) is 4.98 Å². The van der Waals surface area contributed by atoms with E-state index in [1.165, 1.54) is 16.8 Å². The highest BCUT2D eigenvalue weighted by atomic mass is 16.1. The van der Waals surface area contributed by atoms with E-state index in [0.717, 1.165) is 19.5 Å². The lowest BCUT2D eigenvalue weighted by molar-refractivity contribution is 0.613. The molecule has 1 atom stereocenters. The van der Waals surface area contributed by atoms with Crippen LogP contribution in [-0.2, 0) is 0 Å². The maximum Gasteiger partial charge on any atom is 0.258 e. The Balaban J connectivity index is 2.07. The van der Waals surface area contributed by atoms with Crippen LogP contribution in [0.3, 0.4) is 0 Å². The van der Waals surface area contributed by atoms with Gasteiger partial charge in [-0.1, -0.05) is 0 Å². The highest BCUT2D eigenvalue weighted by molar-refractivity contribution is 5.50. The number of hydrogen-bond acceptors (Lipinski definition) is 4. The molecule has 2 N–H and O–H groups in total. The minimum atomic E-state index is -0.0548. The van der Waals surface area contributed by atoms with Gasteiger partial charge in [0.15, 0.2) is 0 Å². The summed E-state index contributed by atoms with van der Waals surface area (Å²) in [6, 6.07) is 1.46. The fourth-order valence-corrected chi connectivity index (χ4v) is 2.10. The zero-order chi connectivity index (χ0) is 10.3. The molecule has 2 aliphatic heterocycles. The van der Waals surface area contributed by atoms with Crippen LogP contribution in [0, 0.1) is 0 Å². The van der Waals surface area contributed by atoms with Crippen LogP contribution in [0.2, 0.25) is 0 Å². The molecule has 0 amide bonds. The Morgan fingerprint density at radius 3 is 3.27 bits per heavy atom. The molecule has 5 nitrogen and oxygen atoms in total. The van der Waals surface area contributed by atoms with E-state index in [-0.39, 0.29) is 11.1 Å². The molecule has 2 aliphatic rings. The van der Waals surface area contributed by atoms with E-state index in [4.69, 9.17) is 0 Å². The van der Waals surface area contributed by atoms with Gasteiger partial charge in [0.2, 0.25) is 5.95 Å². The number of rotatable bonds is 0. The Morgan fingerprint density at radius 2 is 2.47 bits per heavy atom. The Hall–Kier alpha value is -1.62. The fraction of sp³-hybridized carbons (Fsp3) is 0.400. The van der Waals surface area contributed by atoms with Crippen LogP contribution in [0.25, 0.3) is 6.20 Å². The standard InChI is InChI=1S/C10H12N4O/c15-8-1-4-12-9-13-10(2-5-11-7-10)3-6-14(8)9/h1,3-4,6,11H,2,5,7H2,(H,12,13). The van der Waals surface area contributed by atoms with Gasteiger partial charge >= 0.3 is 0 Å². The Bertz CT molecular complexity index is 471. The first kappa shape index (κ1) is 8.67. The molecule has 3 heterocycles. The molecule has 3 rings (SSSR count). The number of anilines is 1. The lowest BCUT2D eigenvalue weighted by Crippen LogP contribution is -2.43. The summed E-state index contributed by atoms with van der Waals surface area (Å²) in [4.78, 5) is 15.7. The van der Waals surface area contributed by atoms with E-state index in [2.05, 4.69) is 15.6 Å². The van der Waals surface area contributed by atoms with E-state index in [0.29, 0.717) is 5.95 Å². The fourth-order valence-electron chi connectivity index (χ4n) is 2.10. The van der Waals surface area contributed by atoms with Crippen LogP contribution in [0.5, 0.6) is 0 Å². The molecule has 1 spiro atoms. The van der Waals surface area contributed by atoms with Gasteiger partial charge < -0.3 is 10.6 Å². The largest absolute Gasteiger partial charge is 0.345 e. The molecular weight excluding hydrogens is 192 g/mol. The SMILES string of the molecule is O=c1ccnc2n1C=CC1(CCNC1)N2. The van der Waals surface area contributed by atoms with Crippen molar-refractivity contribution >= 4 is 12.1 Å². The molecule has 78 valence electrons. The first-order chi connectivity index (χ1) is 7.29. The molecule has 0 aliphatic carbocycles. The number of aromatic nitrogens is 2. The summed E-state index contributed by atoms with van der Waals surface area (Å²) < 4.78 is 1.53. The van der Waals surface area contributed by atoms with Crippen LogP contribution in [0.4, 0.5) is 5.95 Å². The van der Waals surface area contributed by atoms with Crippen molar-refractivity contribution in [1.82, 2.24) is 14.9 Å². The zero-order valence-electron chi connectivity index (χ0n) is 8.23. The molecule has 1 fully saturated rings. The topological polar surface area (TPSA) is 59.0 Å². The molecule has 15 heavy (non-hydrogen) atoms. The van der Waals surface area contributed by atoms with Crippen LogP contribution in [0.1, 0.15) is 6.42 Å². The van der Waals surface area contributed by atoms with E-state index >= 15 is 0 Å². The summed E-state index contributed by atoms with van der Waals surface area (Å²) in [5.74, 6) is 0.633. The lowest BCUT2D eigenvalue weighted by atomic mass is 9.98. The molecule has 1 aromatic heterocycles. The normalized spacial score (nSPS) is 27.7. The van der Waals surface area contributed by atoms with Crippen LogP contribution in [-0.4, -0.2) is 28.2 Å². The van der Waals surface area contributed by atoms with Gasteiger partial charge in [0, 0.05) is 25.0 Å². The van der Waals surface area contributed by atoms with Gasteiger partial charge in [0.1, 0.15) is 0 Å². The van der Waals surface area contributed by atoms with Gasteiger partial charge in [-0.15, -0.1) is 0 Å². The summed E-state index contributed by atoms with van der Waals surface area (Å²) >= 11 is 0. The van der Waals surface area contributed by atoms with E-state index in [9.17, 15) is 4.79 Å². The molecule has 1 saturated heterocycles. The molecule has 5 heteroatoms. The maximum atomic E-state index is 11.5. The van der Waals surface area contributed by atoms with Gasteiger partial charge in [-0.2, -0.15) is 0 Å². The Labute approximate surface area is 86.8 Å². The average Bonchev–Trinajstić information content (AvgIpc) is 2.66. The van der Waals surface area contributed by atoms with Crippen molar-refractivity contribution in [2.75, 3.05) is 18.4 Å². The van der Waals surface area contributed by atoms with Crippen LogP contribution in [0.15, 0.2) is 23.1 Å². The predicted molar refractivity (Wildman–Crippen MR) is 57.7 cm³/mol. The first-order valence-electron chi connectivity index (χ1n) is 5.05. The quantitative estimate of drug-likeness (QED) is 0.618. The Kier molecular flexibility index (Phi) is 1.70. The Morgan fingerprint density at radius 1 is 1.53 bits per heavy atom. The third-order valence-electron chi connectivity index (χ3n) is 2.97. The third-order valence-corrected chi connectivity index (χ3v) is 2.97. The first-order valence-corrected chi connectivity index (χ1v) is 5.05. The van der Waals surface area contributed by atoms with Crippen molar-refractivity contribution in [3.05, 3.63) is 28.7 Å². The van der Waals surface area contributed by atoms with Gasteiger partial charge in [-0.3, -0.25) is 9.36 Å². The number of nitrogens with one attached hydrogen (secondary N) is 2. The maximum absolute atomic E-state index is 11.5. The minimum Gasteiger partial charge on any atom is -0.345 e. The predicted octanol–water partition coefficient (Wildman–Crippen LogP) is -0.128. The molecule has 0 bridgehead atoms. The highest BCUT2D eigenvalue weighted by Gasteiger charge is 2.34. The molecule has 1 unspecified atom stereocenters. The molecule has 0 radical (unpaired) electrons. The van der Waals surface area contributed by atoms with Crippen molar-refractivity contribution in [2.45, 2.75) is 12.0 Å². The lowest BCUT2D eigenvalue weighted by Gasteiger charge is -2.30. The van der Waals surface area contributed by atoms with E-state index in [1.807, 2.05) is 12.3 Å². The molecule has 0 aromatic carbocycles. The summed E-state index contributed by atoms with van der Waals surface area (Å²) in [5, 5.41) is 6.61. The van der Waals surface area contributed by atoms with Crippen LogP contribution >= 0.6 is 0 Å². The van der Waals surface area contributed by atoms with E-state index in [1.54, 1.807) is 0 Å². The van der Waals surface area contributed by atoms with E-state index < -0.39 is 0 Å². The summed E-state index contributed by atoms with van der Waals surface area (Å²) in [6.45, 7) is 1.88. The van der Waals surface area contributed by atoms with Gasteiger partial charge in [0.05, 0.1) is 5.54 Å². The second-order valence-electron chi connectivity index (χ2n) is 4.00. The molecule has 0 saturated carbocycles. The molecular formula is C10H12N4O. The summed E-state index contributed by atoms with van der Waals surface area (Å²) in [5.41, 5.74) is -0.106. The van der Waals surface area contributed by atoms with Gasteiger partial charge in [-0.05, 0) is 19.0 Å². The monoisotopic (exact) mass is 204 g/mol. The van der Waals surface area contributed by atoms with Crippen molar-refractivity contribution in [1.29, 1.82) is 0 Å². The number of nitrogens with zero attached hydrogens (tertiary/aromatic N) is 2. The van der Waals surface area contributed by atoms with Gasteiger partial charge in [0.25, 0.3) is 5.56 Å². The number of hydrogen-bond donors (Lipinski definition) is 2. The highest BCUT2D eigenvalue weighted by Crippen LogP contribution is 2.25. The van der Waals surface area contributed by atoms with Crippen molar-refractivity contribution in [2.24, 2.45) is 0 Å². The van der Waals surface area contributed by atoms with Crippen molar-refractivity contribution < 1.29 is 0 Å². The van der Waals surface area contributed by atoms with Crippen molar-refractivity contribution in [3.63, 3.8) is 0 Å².